The summed E-state index contributed by atoms with van der Waals surface area (Å²) in [4.78, 5) is 38.8. The SMILES string of the molecule is CC(C)C1=C2C3CC[C@@H]4C5(C)CC[C@H](OC(=O)CC(C)(C)C(=O)O)C(C)(C)C5CCC4(C)[C@]3(C)CC[C@@]2(CCNCc2ccc(Cl)cc2)CC1=O. The second-order valence-electron chi connectivity index (χ2n) is 19.7. The lowest BCUT2D eigenvalue weighted by atomic mass is 9.33. The van der Waals surface area contributed by atoms with Crippen molar-refractivity contribution in [3.05, 3.63) is 46.0 Å². The lowest BCUT2D eigenvalue weighted by molar-refractivity contribution is -0.233. The molecule has 0 amide bonds. The number of ether oxygens (including phenoxy) is 1. The summed E-state index contributed by atoms with van der Waals surface area (Å²) >= 11 is 6.12. The van der Waals surface area contributed by atoms with Crippen molar-refractivity contribution in [2.24, 2.45) is 56.2 Å². The molecule has 0 aliphatic heterocycles. The van der Waals surface area contributed by atoms with Crippen LogP contribution in [0.25, 0.3) is 0 Å². The third kappa shape index (κ3) is 6.24. The molecule has 0 saturated heterocycles. The molecule has 1 aromatic carbocycles. The molecule has 6 nitrogen and oxygen atoms in total. The van der Waals surface area contributed by atoms with Gasteiger partial charge in [0.25, 0.3) is 0 Å². The predicted molar refractivity (Wildman–Crippen MR) is 203 cm³/mol. The Labute approximate surface area is 312 Å². The number of nitrogens with one attached hydrogen (secondary N) is 1. The van der Waals surface area contributed by atoms with E-state index in [1.807, 2.05) is 12.1 Å². The number of carbonyl (C=O) groups excluding carboxylic acids is 2. The van der Waals surface area contributed by atoms with Crippen molar-refractivity contribution in [2.75, 3.05) is 6.54 Å². The number of carboxylic acids is 1. The quantitative estimate of drug-likeness (QED) is 0.185. The average molecular weight is 722 g/mol. The van der Waals surface area contributed by atoms with Gasteiger partial charge in [-0.15, -0.1) is 0 Å². The minimum absolute atomic E-state index is 0.0444. The van der Waals surface area contributed by atoms with E-state index in [4.69, 9.17) is 16.3 Å². The van der Waals surface area contributed by atoms with Crippen LogP contribution in [-0.2, 0) is 25.7 Å². The fraction of sp³-hybridized carbons (Fsp3) is 0.750. The van der Waals surface area contributed by atoms with E-state index < -0.39 is 17.4 Å². The van der Waals surface area contributed by atoms with Crippen LogP contribution in [0.4, 0.5) is 0 Å². The molecule has 6 rings (SSSR count). The average Bonchev–Trinajstić information content (AvgIpc) is 3.34. The van der Waals surface area contributed by atoms with Crippen LogP contribution < -0.4 is 5.32 Å². The topological polar surface area (TPSA) is 92.7 Å². The Balaban J connectivity index is 1.24. The van der Waals surface area contributed by atoms with Gasteiger partial charge in [0.05, 0.1) is 11.8 Å². The molecule has 2 N–H and O–H groups in total. The Bertz CT molecular complexity index is 1580. The van der Waals surface area contributed by atoms with Crippen LogP contribution >= 0.6 is 11.6 Å². The van der Waals surface area contributed by atoms with E-state index in [0.717, 1.165) is 75.1 Å². The van der Waals surface area contributed by atoms with Crippen LogP contribution in [-0.4, -0.2) is 35.5 Å². The molecule has 7 heteroatoms. The lowest BCUT2D eigenvalue weighted by Crippen LogP contribution is -2.65. The maximum Gasteiger partial charge on any atom is 0.309 e. The molecule has 0 radical (unpaired) electrons. The van der Waals surface area contributed by atoms with E-state index in [2.05, 4.69) is 65.9 Å². The molecule has 0 aromatic heterocycles. The molecule has 0 bridgehead atoms. The third-order valence-electron chi connectivity index (χ3n) is 16.0. The van der Waals surface area contributed by atoms with Crippen LogP contribution in [0.3, 0.4) is 0 Å². The Morgan fingerprint density at radius 2 is 1.63 bits per heavy atom. The fourth-order valence-electron chi connectivity index (χ4n) is 13.0. The lowest BCUT2D eigenvalue weighted by Gasteiger charge is -2.72. The molecule has 4 saturated carbocycles. The molecule has 51 heavy (non-hydrogen) atoms. The molecule has 5 aliphatic rings. The number of rotatable bonds is 10. The fourth-order valence-corrected chi connectivity index (χ4v) is 13.2. The van der Waals surface area contributed by atoms with Gasteiger partial charge >= 0.3 is 11.9 Å². The molecule has 0 spiro atoms. The highest BCUT2D eigenvalue weighted by atomic mass is 35.5. The summed E-state index contributed by atoms with van der Waals surface area (Å²) in [6.07, 6.45) is 9.98. The van der Waals surface area contributed by atoms with Crippen molar-refractivity contribution in [1.82, 2.24) is 5.32 Å². The Kier molecular flexibility index (Phi) is 10.0. The van der Waals surface area contributed by atoms with Crippen LogP contribution in [0.15, 0.2) is 35.4 Å². The number of esters is 1. The van der Waals surface area contributed by atoms with Gasteiger partial charge in [-0.25, -0.2) is 0 Å². The molecule has 4 unspecified atom stereocenters. The first kappa shape index (κ1) is 38.5. The zero-order chi connectivity index (χ0) is 37.4. The maximum absolute atomic E-state index is 14.0. The molecule has 1 aromatic rings. The van der Waals surface area contributed by atoms with Crippen molar-refractivity contribution in [1.29, 1.82) is 0 Å². The van der Waals surface area contributed by atoms with Crippen LogP contribution in [0, 0.1) is 56.2 Å². The van der Waals surface area contributed by atoms with E-state index in [1.165, 1.54) is 17.6 Å². The van der Waals surface area contributed by atoms with Crippen molar-refractivity contribution < 1.29 is 24.2 Å². The van der Waals surface area contributed by atoms with Crippen molar-refractivity contribution in [3.63, 3.8) is 0 Å². The van der Waals surface area contributed by atoms with Crippen molar-refractivity contribution in [3.8, 4) is 0 Å². The number of benzene rings is 1. The molecule has 0 heterocycles. The van der Waals surface area contributed by atoms with Gasteiger partial charge in [-0.2, -0.15) is 0 Å². The smallest absolute Gasteiger partial charge is 0.309 e. The zero-order valence-electron chi connectivity index (χ0n) is 32.8. The summed E-state index contributed by atoms with van der Waals surface area (Å²) in [5.41, 5.74) is 2.89. The zero-order valence-corrected chi connectivity index (χ0v) is 33.6. The van der Waals surface area contributed by atoms with E-state index in [0.29, 0.717) is 30.0 Å². The second kappa shape index (κ2) is 13.3. The van der Waals surface area contributed by atoms with Gasteiger partial charge in [-0.3, -0.25) is 14.4 Å². The molecule has 8 atom stereocenters. The first-order valence-corrected chi connectivity index (χ1v) is 20.3. The van der Waals surface area contributed by atoms with E-state index >= 15 is 0 Å². The highest BCUT2D eigenvalue weighted by Gasteiger charge is 2.70. The van der Waals surface area contributed by atoms with Crippen LogP contribution in [0.1, 0.15) is 139 Å². The van der Waals surface area contributed by atoms with Gasteiger partial charge in [0, 0.05) is 28.8 Å². The monoisotopic (exact) mass is 721 g/mol. The first-order valence-electron chi connectivity index (χ1n) is 19.9. The molecule has 5 aliphatic carbocycles. The van der Waals surface area contributed by atoms with Crippen molar-refractivity contribution >= 4 is 29.3 Å². The Hall–Kier alpha value is -2.18. The van der Waals surface area contributed by atoms with Crippen LogP contribution in [0.2, 0.25) is 5.02 Å². The normalized spacial score (nSPS) is 37.4. The Morgan fingerprint density at radius 3 is 2.27 bits per heavy atom. The highest BCUT2D eigenvalue weighted by Crippen LogP contribution is 2.77. The number of ketones is 1. The third-order valence-corrected chi connectivity index (χ3v) is 16.2. The van der Waals surface area contributed by atoms with Gasteiger partial charge in [0.2, 0.25) is 0 Å². The minimum Gasteiger partial charge on any atom is -0.481 e. The summed E-state index contributed by atoms with van der Waals surface area (Å²) in [5.74, 6) is 0.647. The number of hydrogen-bond donors (Lipinski definition) is 2. The molecular formula is C44H64ClNO5. The van der Waals surface area contributed by atoms with Gasteiger partial charge < -0.3 is 15.2 Å². The van der Waals surface area contributed by atoms with Crippen LogP contribution in [0.5, 0.6) is 0 Å². The second-order valence-corrected chi connectivity index (χ2v) is 20.2. The predicted octanol–water partition coefficient (Wildman–Crippen LogP) is 10.2. The molecule has 282 valence electrons. The number of allylic oxidation sites excluding steroid dienone is 2. The molecular weight excluding hydrogens is 658 g/mol. The maximum atomic E-state index is 14.0. The summed E-state index contributed by atoms with van der Waals surface area (Å²) in [6.45, 7) is 21.7. The summed E-state index contributed by atoms with van der Waals surface area (Å²) in [6, 6.07) is 8.06. The summed E-state index contributed by atoms with van der Waals surface area (Å²) in [5, 5.41) is 14.1. The number of aliphatic carboxylic acids is 1. The van der Waals surface area contributed by atoms with Gasteiger partial charge in [-0.05, 0) is 141 Å². The van der Waals surface area contributed by atoms with E-state index in [-0.39, 0.29) is 45.5 Å². The van der Waals surface area contributed by atoms with Gasteiger partial charge in [-0.1, -0.05) is 77.8 Å². The summed E-state index contributed by atoms with van der Waals surface area (Å²) in [7, 11) is 0. The number of carboxylic acid groups (broad SMARTS) is 1. The molecule has 4 fully saturated rings. The number of carbonyl (C=O) groups is 3. The number of hydrogen-bond acceptors (Lipinski definition) is 5. The highest BCUT2D eigenvalue weighted by molar-refractivity contribution is 6.30. The number of Topliss-reactive ketones (excluding diaryl/α,β-unsaturated/α-hetero) is 1. The van der Waals surface area contributed by atoms with Gasteiger partial charge in [0.1, 0.15) is 6.10 Å². The standard InChI is InChI=1S/C44H64ClNO5/c1-27(2)36-31(47)24-44(22-23-46-26-28-10-12-29(45)13-11-28)21-20-42(8)30(37(36)44)14-15-33-41(7)18-17-34(51-35(48)25-39(3,4)38(49)50)40(5,6)32(41)16-19-43(33,42)9/h10-13,27,30,32-34,46H,14-26H2,1-9H3,(H,49,50)/t30?,32?,33-,34+,41?,42-,43?,44-/m1/s1. The minimum atomic E-state index is -1.15. The number of fused-ring (bicyclic) bond motifs is 7. The van der Waals surface area contributed by atoms with Gasteiger partial charge in [0.15, 0.2) is 5.78 Å². The van der Waals surface area contributed by atoms with E-state index in [9.17, 15) is 19.5 Å². The first-order chi connectivity index (χ1) is 23.7. The largest absolute Gasteiger partial charge is 0.481 e. The number of halogens is 1. The Morgan fingerprint density at radius 1 is 0.941 bits per heavy atom. The van der Waals surface area contributed by atoms with Crippen molar-refractivity contribution in [2.45, 2.75) is 146 Å². The van der Waals surface area contributed by atoms with E-state index in [1.54, 1.807) is 13.8 Å². The summed E-state index contributed by atoms with van der Waals surface area (Å²) < 4.78 is 6.18.